The highest BCUT2D eigenvalue weighted by atomic mass is 32.2. The summed E-state index contributed by atoms with van der Waals surface area (Å²) in [6.07, 6.45) is 2.28. The molecule has 1 aliphatic rings. The number of nitrogens with one attached hydrogen (secondary N) is 2. The second kappa shape index (κ2) is 9.73. The number of benzene rings is 2. The topological polar surface area (TPSA) is 105 Å². The highest BCUT2D eigenvalue weighted by Gasteiger charge is 2.27. The number of para-hydroxylation sites is 1. The van der Waals surface area contributed by atoms with Crippen molar-refractivity contribution in [3.8, 4) is 5.75 Å². The van der Waals surface area contributed by atoms with Crippen molar-refractivity contribution < 1.29 is 22.7 Å². The summed E-state index contributed by atoms with van der Waals surface area (Å²) >= 11 is 0. The number of hydrazine groups is 1. The maximum Gasteiger partial charge on any atom is 0.269 e. The predicted octanol–water partition coefficient (Wildman–Crippen LogP) is 1.87. The number of methoxy groups -OCH3 is 1. The molecule has 2 N–H and O–H groups in total. The quantitative estimate of drug-likeness (QED) is 0.652. The minimum atomic E-state index is -3.62. The van der Waals surface area contributed by atoms with Gasteiger partial charge in [0.2, 0.25) is 15.9 Å². The average Bonchev–Trinajstić information content (AvgIpc) is 3.32. The van der Waals surface area contributed by atoms with Crippen LogP contribution in [0, 0.1) is 0 Å². The van der Waals surface area contributed by atoms with Gasteiger partial charge in [0, 0.05) is 25.1 Å². The third-order valence-corrected chi connectivity index (χ3v) is 6.82. The first kappa shape index (κ1) is 21.8. The Bertz CT molecular complexity index is 1020. The Morgan fingerprint density at radius 3 is 2.50 bits per heavy atom. The van der Waals surface area contributed by atoms with Crippen LogP contribution in [-0.4, -0.2) is 44.7 Å². The first-order chi connectivity index (χ1) is 14.4. The summed E-state index contributed by atoms with van der Waals surface area (Å²) in [6, 6.07) is 13.2. The van der Waals surface area contributed by atoms with Gasteiger partial charge in [0.25, 0.3) is 5.91 Å². The van der Waals surface area contributed by atoms with Gasteiger partial charge in [0.1, 0.15) is 5.75 Å². The summed E-state index contributed by atoms with van der Waals surface area (Å²) in [6.45, 7) is 0.974. The zero-order valence-electron chi connectivity index (χ0n) is 16.8. The van der Waals surface area contributed by atoms with E-state index in [1.807, 2.05) is 24.3 Å². The van der Waals surface area contributed by atoms with Crippen molar-refractivity contribution in [3.05, 3.63) is 59.7 Å². The summed E-state index contributed by atoms with van der Waals surface area (Å²) in [7, 11) is -2.05. The fourth-order valence-corrected chi connectivity index (χ4v) is 4.86. The number of nitrogens with zero attached hydrogens (tertiary/aromatic N) is 1. The first-order valence-corrected chi connectivity index (χ1v) is 11.2. The van der Waals surface area contributed by atoms with Gasteiger partial charge in [0.05, 0.1) is 12.0 Å². The molecular weight excluding hydrogens is 406 g/mol. The molecule has 9 heteroatoms. The van der Waals surface area contributed by atoms with Crippen molar-refractivity contribution >= 4 is 21.8 Å². The van der Waals surface area contributed by atoms with Crippen molar-refractivity contribution in [1.82, 2.24) is 15.2 Å². The Hall–Kier alpha value is -2.91. The SMILES string of the molecule is COc1ccccc1CCC(=O)NNC(=O)c1cccc(S(=O)(=O)N2CCCC2)c1. The molecule has 160 valence electrons. The van der Waals surface area contributed by atoms with E-state index in [-0.39, 0.29) is 22.8 Å². The molecule has 1 heterocycles. The molecule has 1 saturated heterocycles. The summed E-state index contributed by atoms with van der Waals surface area (Å²) in [5.41, 5.74) is 5.74. The smallest absolute Gasteiger partial charge is 0.269 e. The van der Waals surface area contributed by atoms with Crippen LogP contribution < -0.4 is 15.6 Å². The lowest BCUT2D eigenvalue weighted by Crippen LogP contribution is -2.41. The maximum atomic E-state index is 12.7. The number of hydrogen-bond donors (Lipinski definition) is 2. The van der Waals surface area contributed by atoms with Gasteiger partial charge < -0.3 is 4.74 Å². The van der Waals surface area contributed by atoms with Gasteiger partial charge in [-0.1, -0.05) is 24.3 Å². The highest BCUT2D eigenvalue weighted by Crippen LogP contribution is 2.21. The predicted molar refractivity (Wildman–Crippen MR) is 111 cm³/mol. The molecule has 8 nitrogen and oxygen atoms in total. The van der Waals surface area contributed by atoms with Crippen LogP contribution >= 0.6 is 0 Å². The molecule has 0 aliphatic carbocycles. The molecule has 0 atom stereocenters. The third kappa shape index (κ3) is 5.17. The van der Waals surface area contributed by atoms with E-state index < -0.39 is 15.9 Å². The van der Waals surface area contributed by atoms with E-state index in [1.54, 1.807) is 7.11 Å². The number of carbonyl (C=O) groups is 2. The van der Waals surface area contributed by atoms with Crippen LogP contribution in [0.15, 0.2) is 53.4 Å². The van der Waals surface area contributed by atoms with Crippen LogP contribution in [0.1, 0.15) is 35.2 Å². The average molecular weight is 432 g/mol. The van der Waals surface area contributed by atoms with Crippen molar-refractivity contribution in [2.24, 2.45) is 0 Å². The molecule has 0 spiro atoms. The fourth-order valence-electron chi connectivity index (χ4n) is 3.29. The minimum absolute atomic E-state index is 0.0690. The summed E-state index contributed by atoms with van der Waals surface area (Å²) in [4.78, 5) is 24.5. The summed E-state index contributed by atoms with van der Waals surface area (Å²) < 4.78 is 32.0. The Morgan fingerprint density at radius 1 is 1.03 bits per heavy atom. The number of ether oxygens (including phenoxy) is 1. The van der Waals surface area contributed by atoms with E-state index in [0.717, 1.165) is 18.4 Å². The molecule has 2 amide bonds. The second-order valence-corrected chi connectivity index (χ2v) is 8.89. The van der Waals surface area contributed by atoms with Crippen LogP contribution in [0.2, 0.25) is 0 Å². The van der Waals surface area contributed by atoms with Crippen molar-refractivity contribution in [3.63, 3.8) is 0 Å². The Balaban J connectivity index is 1.56. The molecule has 0 unspecified atom stereocenters. The van der Waals surface area contributed by atoms with Crippen LogP contribution in [-0.2, 0) is 21.2 Å². The zero-order valence-corrected chi connectivity index (χ0v) is 17.6. The lowest BCUT2D eigenvalue weighted by atomic mass is 10.1. The monoisotopic (exact) mass is 431 g/mol. The number of amides is 2. The molecular formula is C21H25N3O5S. The second-order valence-electron chi connectivity index (χ2n) is 6.95. The van der Waals surface area contributed by atoms with Crippen molar-refractivity contribution in [2.45, 2.75) is 30.6 Å². The van der Waals surface area contributed by atoms with Crippen LogP contribution in [0.25, 0.3) is 0 Å². The van der Waals surface area contributed by atoms with Crippen LogP contribution in [0.3, 0.4) is 0 Å². The molecule has 1 aliphatic heterocycles. The van der Waals surface area contributed by atoms with Gasteiger partial charge in [-0.2, -0.15) is 4.31 Å². The van der Waals surface area contributed by atoms with Crippen molar-refractivity contribution in [2.75, 3.05) is 20.2 Å². The molecule has 30 heavy (non-hydrogen) atoms. The number of sulfonamides is 1. The van der Waals surface area contributed by atoms with E-state index in [1.165, 1.54) is 28.6 Å². The van der Waals surface area contributed by atoms with E-state index in [0.29, 0.717) is 25.3 Å². The Kier molecular flexibility index (Phi) is 7.07. The third-order valence-electron chi connectivity index (χ3n) is 4.93. The van der Waals surface area contributed by atoms with Gasteiger partial charge >= 0.3 is 0 Å². The first-order valence-electron chi connectivity index (χ1n) is 9.73. The summed E-state index contributed by atoms with van der Waals surface area (Å²) in [5.74, 6) is -0.250. The highest BCUT2D eigenvalue weighted by molar-refractivity contribution is 7.89. The van der Waals surface area contributed by atoms with Gasteiger partial charge in [0.15, 0.2) is 0 Å². The maximum absolute atomic E-state index is 12.7. The molecule has 0 bridgehead atoms. The van der Waals surface area contributed by atoms with Gasteiger partial charge in [-0.3, -0.25) is 20.4 Å². The molecule has 3 rings (SSSR count). The van der Waals surface area contributed by atoms with E-state index >= 15 is 0 Å². The lowest BCUT2D eigenvalue weighted by molar-refractivity contribution is -0.121. The van der Waals surface area contributed by atoms with E-state index in [9.17, 15) is 18.0 Å². The number of rotatable bonds is 7. The minimum Gasteiger partial charge on any atom is -0.496 e. The van der Waals surface area contributed by atoms with Crippen LogP contribution in [0.4, 0.5) is 0 Å². The van der Waals surface area contributed by atoms with E-state index in [2.05, 4.69) is 10.9 Å². The lowest BCUT2D eigenvalue weighted by Gasteiger charge is -2.16. The summed E-state index contributed by atoms with van der Waals surface area (Å²) in [5, 5.41) is 0. The normalized spacial score (nSPS) is 14.3. The fraction of sp³-hybridized carbons (Fsp3) is 0.333. The molecule has 0 aromatic heterocycles. The molecule has 0 radical (unpaired) electrons. The standard InChI is InChI=1S/C21H25N3O5S/c1-29-19-10-3-2-7-16(19)11-12-20(25)22-23-21(26)17-8-6-9-18(15-17)30(27,28)24-13-4-5-14-24/h2-3,6-10,15H,4-5,11-14H2,1H3,(H,22,25)(H,23,26). The largest absolute Gasteiger partial charge is 0.496 e. The van der Waals surface area contributed by atoms with Crippen LogP contribution in [0.5, 0.6) is 5.75 Å². The van der Waals surface area contributed by atoms with Gasteiger partial charge in [-0.25, -0.2) is 8.42 Å². The molecule has 0 saturated carbocycles. The van der Waals surface area contributed by atoms with Crippen molar-refractivity contribution in [1.29, 1.82) is 0 Å². The zero-order chi connectivity index (χ0) is 21.6. The Labute approximate surface area is 176 Å². The number of aryl methyl sites for hydroxylation is 1. The molecule has 2 aromatic rings. The molecule has 1 fully saturated rings. The Morgan fingerprint density at radius 2 is 1.77 bits per heavy atom. The van der Waals surface area contributed by atoms with Gasteiger partial charge in [-0.15, -0.1) is 0 Å². The number of hydrogen-bond acceptors (Lipinski definition) is 5. The molecule has 2 aromatic carbocycles. The van der Waals surface area contributed by atoms with E-state index in [4.69, 9.17) is 4.74 Å². The number of carbonyl (C=O) groups excluding carboxylic acids is 2. The van der Waals surface area contributed by atoms with Gasteiger partial charge in [-0.05, 0) is 49.1 Å².